The smallest absolute Gasteiger partial charge is 0.226 e. The van der Waals surface area contributed by atoms with E-state index in [-0.39, 0.29) is 0 Å². The molecular formula is C34H28BrN3O2. The van der Waals surface area contributed by atoms with Gasteiger partial charge in [-0.1, -0.05) is 101 Å². The Hall–Kier alpha value is -4.42. The molecule has 40 heavy (non-hydrogen) atoms. The van der Waals surface area contributed by atoms with Gasteiger partial charge in [0.1, 0.15) is 18.9 Å². The van der Waals surface area contributed by atoms with Gasteiger partial charge in [0.15, 0.2) is 0 Å². The number of nitrogens with zero attached hydrogens (tertiary/aromatic N) is 3. The first-order valence-electron chi connectivity index (χ1n) is 13.1. The van der Waals surface area contributed by atoms with Crippen LogP contribution in [0.4, 0.5) is 0 Å². The highest BCUT2D eigenvalue weighted by molar-refractivity contribution is 9.10. The molecule has 6 heteroatoms. The van der Waals surface area contributed by atoms with Gasteiger partial charge in [-0.3, -0.25) is 4.68 Å². The van der Waals surface area contributed by atoms with E-state index in [0.29, 0.717) is 25.0 Å². The molecular weight excluding hydrogens is 562 g/mol. The molecule has 0 aliphatic carbocycles. The summed E-state index contributed by atoms with van der Waals surface area (Å²) in [6.45, 7) is 2.94. The lowest BCUT2D eigenvalue weighted by Crippen LogP contribution is -2.02. The molecule has 0 bridgehead atoms. The van der Waals surface area contributed by atoms with Gasteiger partial charge < -0.3 is 9.47 Å². The van der Waals surface area contributed by atoms with E-state index in [9.17, 15) is 0 Å². The number of ether oxygens (including phenoxy) is 2. The number of hydrogen-bond acceptors (Lipinski definition) is 4. The first-order valence-corrected chi connectivity index (χ1v) is 13.9. The molecule has 0 saturated heterocycles. The zero-order valence-corrected chi connectivity index (χ0v) is 23.9. The molecule has 0 fully saturated rings. The van der Waals surface area contributed by atoms with Crippen molar-refractivity contribution in [3.05, 3.63) is 130 Å². The lowest BCUT2D eigenvalue weighted by atomic mass is 9.97. The van der Waals surface area contributed by atoms with E-state index in [1.54, 1.807) is 0 Å². The monoisotopic (exact) mass is 589 g/mol. The number of pyridine rings is 1. The summed E-state index contributed by atoms with van der Waals surface area (Å²) in [7, 11) is 1.98. The minimum atomic E-state index is 0.386. The largest absolute Gasteiger partial charge is 0.473 e. The molecule has 2 heterocycles. The van der Waals surface area contributed by atoms with Crippen LogP contribution in [-0.4, -0.2) is 14.8 Å². The molecule has 4 aromatic carbocycles. The summed E-state index contributed by atoms with van der Waals surface area (Å²) < 4.78 is 15.4. The molecule has 2 aromatic heterocycles. The Kier molecular flexibility index (Phi) is 7.34. The molecule has 0 spiro atoms. The van der Waals surface area contributed by atoms with Gasteiger partial charge in [-0.2, -0.15) is 10.1 Å². The van der Waals surface area contributed by atoms with Gasteiger partial charge in [-0.05, 0) is 47.4 Å². The Bertz CT molecular complexity index is 1780. The zero-order chi connectivity index (χ0) is 27.5. The van der Waals surface area contributed by atoms with Crippen LogP contribution >= 0.6 is 15.9 Å². The van der Waals surface area contributed by atoms with Gasteiger partial charge in [0.2, 0.25) is 11.8 Å². The normalized spacial score (nSPS) is 11.1. The number of fused-ring (bicyclic) bond motifs is 1. The van der Waals surface area contributed by atoms with Crippen molar-refractivity contribution >= 4 is 26.8 Å². The third-order valence-electron chi connectivity index (χ3n) is 6.88. The Morgan fingerprint density at radius 1 is 0.700 bits per heavy atom. The molecule has 6 aromatic rings. The first-order chi connectivity index (χ1) is 19.6. The lowest BCUT2D eigenvalue weighted by Gasteiger charge is -2.13. The van der Waals surface area contributed by atoms with E-state index in [2.05, 4.69) is 59.3 Å². The summed E-state index contributed by atoms with van der Waals surface area (Å²) in [4.78, 5) is 4.80. The van der Waals surface area contributed by atoms with Crippen molar-refractivity contribution in [2.24, 2.45) is 7.05 Å². The standard InChI is InChI=1S/C34H28BrN3O2/c1-23-20-26(35)16-17-27(23)28-14-9-15-29-32(37-38(2)33(28)29)30-18-19-31(39-21-24-10-5-3-6-11-24)36-34(30)40-22-25-12-7-4-8-13-25/h3-20H,21-22H2,1-2H3. The fourth-order valence-corrected chi connectivity index (χ4v) is 5.41. The second-order valence-corrected chi connectivity index (χ2v) is 10.6. The highest BCUT2D eigenvalue weighted by Crippen LogP contribution is 2.39. The van der Waals surface area contributed by atoms with Crippen molar-refractivity contribution in [2.75, 3.05) is 0 Å². The SMILES string of the molecule is Cc1cc(Br)ccc1-c1cccc2c(-c3ccc(OCc4ccccc4)nc3OCc3ccccc3)nn(C)c12. The zero-order valence-electron chi connectivity index (χ0n) is 22.3. The number of benzene rings is 4. The van der Waals surface area contributed by atoms with Gasteiger partial charge in [-0.15, -0.1) is 0 Å². The minimum Gasteiger partial charge on any atom is -0.473 e. The van der Waals surface area contributed by atoms with E-state index >= 15 is 0 Å². The number of para-hydroxylation sites is 1. The van der Waals surface area contributed by atoms with E-state index in [0.717, 1.165) is 43.3 Å². The topological polar surface area (TPSA) is 49.2 Å². The Morgan fingerprint density at radius 3 is 2.08 bits per heavy atom. The predicted molar refractivity (Wildman–Crippen MR) is 163 cm³/mol. The molecule has 0 saturated carbocycles. The molecule has 5 nitrogen and oxygen atoms in total. The van der Waals surface area contributed by atoms with Crippen molar-refractivity contribution in [1.82, 2.24) is 14.8 Å². The van der Waals surface area contributed by atoms with Crippen LogP contribution in [0.25, 0.3) is 33.3 Å². The third kappa shape index (κ3) is 5.36. The van der Waals surface area contributed by atoms with Crippen LogP contribution in [0.15, 0.2) is 114 Å². The molecule has 0 amide bonds. The average molecular weight is 591 g/mol. The number of aromatic nitrogens is 3. The van der Waals surface area contributed by atoms with Gasteiger partial charge in [0, 0.05) is 28.5 Å². The number of halogens is 1. The second-order valence-electron chi connectivity index (χ2n) is 9.68. The highest BCUT2D eigenvalue weighted by atomic mass is 79.9. The molecule has 0 radical (unpaired) electrons. The molecule has 0 atom stereocenters. The van der Waals surface area contributed by atoms with E-state index in [4.69, 9.17) is 19.6 Å². The van der Waals surface area contributed by atoms with Crippen LogP contribution in [0.3, 0.4) is 0 Å². The predicted octanol–water partition coefficient (Wildman–Crippen LogP) is 8.53. The first kappa shape index (κ1) is 25.8. The summed E-state index contributed by atoms with van der Waals surface area (Å²) in [5.74, 6) is 0.988. The number of rotatable bonds is 8. The van der Waals surface area contributed by atoms with Crippen LogP contribution in [-0.2, 0) is 20.3 Å². The van der Waals surface area contributed by atoms with Crippen molar-refractivity contribution in [3.8, 4) is 34.1 Å². The second kappa shape index (κ2) is 11.4. The summed E-state index contributed by atoms with van der Waals surface area (Å²) >= 11 is 3.59. The van der Waals surface area contributed by atoms with Crippen molar-refractivity contribution < 1.29 is 9.47 Å². The molecule has 0 aliphatic heterocycles. The fraction of sp³-hybridized carbons (Fsp3) is 0.118. The Balaban J connectivity index is 1.42. The number of aryl methyl sites for hydroxylation is 2. The van der Waals surface area contributed by atoms with E-state index in [1.165, 1.54) is 11.1 Å². The molecule has 198 valence electrons. The van der Waals surface area contributed by atoms with Crippen molar-refractivity contribution in [1.29, 1.82) is 0 Å². The Labute approximate surface area is 242 Å². The van der Waals surface area contributed by atoms with E-state index < -0.39 is 0 Å². The number of hydrogen-bond donors (Lipinski definition) is 0. The molecule has 6 rings (SSSR count). The molecule has 0 N–H and O–H groups in total. The summed E-state index contributed by atoms with van der Waals surface area (Å²) in [5, 5.41) is 6.01. The summed E-state index contributed by atoms with van der Waals surface area (Å²) in [6, 6.07) is 36.7. The van der Waals surface area contributed by atoms with E-state index in [1.807, 2.05) is 84.5 Å². The van der Waals surface area contributed by atoms with Crippen LogP contribution in [0.1, 0.15) is 16.7 Å². The molecule has 0 aliphatic rings. The van der Waals surface area contributed by atoms with Gasteiger partial charge in [0.05, 0.1) is 11.1 Å². The highest BCUT2D eigenvalue weighted by Gasteiger charge is 2.20. The average Bonchev–Trinajstić information content (AvgIpc) is 3.32. The maximum Gasteiger partial charge on any atom is 0.226 e. The van der Waals surface area contributed by atoms with Gasteiger partial charge in [-0.25, -0.2) is 0 Å². The fourth-order valence-electron chi connectivity index (χ4n) is 4.93. The van der Waals surface area contributed by atoms with Crippen molar-refractivity contribution in [2.45, 2.75) is 20.1 Å². The maximum atomic E-state index is 6.33. The van der Waals surface area contributed by atoms with Crippen LogP contribution in [0.5, 0.6) is 11.8 Å². The Morgan fingerprint density at radius 2 is 1.38 bits per heavy atom. The van der Waals surface area contributed by atoms with Crippen molar-refractivity contribution in [3.63, 3.8) is 0 Å². The summed E-state index contributed by atoms with van der Waals surface area (Å²) in [5.41, 5.74) is 8.33. The van der Waals surface area contributed by atoms with Gasteiger partial charge >= 0.3 is 0 Å². The summed E-state index contributed by atoms with van der Waals surface area (Å²) in [6.07, 6.45) is 0. The quantitative estimate of drug-likeness (QED) is 0.178. The van der Waals surface area contributed by atoms with Crippen LogP contribution in [0.2, 0.25) is 0 Å². The third-order valence-corrected chi connectivity index (χ3v) is 7.37. The minimum absolute atomic E-state index is 0.386. The molecule has 0 unspecified atom stereocenters. The van der Waals surface area contributed by atoms with Crippen LogP contribution < -0.4 is 9.47 Å². The van der Waals surface area contributed by atoms with Crippen LogP contribution in [0, 0.1) is 6.92 Å². The maximum absolute atomic E-state index is 6.33. The lowest BCUT2D eigenvalue weighted by molar-refractivity contribution is 0.268. The van der Waals surface area contributed by atoms with Gasteiger partial charge in [0.25, 0.3) is 0 Å².